The SMILES string of the molecule is CC/C=C\C/C=C\C/C=C\C/C=C\C/C=C\C/C=C\CCCCCCCCCCC(=O)OCC(COC(=O)CCCCCCCCCC)OC(=O)CCCCCCCCCCCC/C=C\C/C=C\C/C=C\CCCCCCC. The van der Waals surface area contributed by atoms with Gasteiger partial charge in [0.25, 0.3) is 0 Å². The van der Waals surface area contributed by atoms with Gasteiger partial charge in [0.1, 0.15) is 13.2 Å². The van der Waals surface area contributed by atoms with Crippen molar-refractivity contribution in [2.75, 3.05) is 13.2 Å². The number of allylic oxidation sites excluding steroid dienone is 18. The highest BCUT2D eigenvalue weighted by Crippen LogP contribution is 2.16. The molecule has 0 aromatic carbocycles. The van der Waals surface area contributed by atoms with Gasteiger partial charge < -0.3 is 14.2 Å². The zero-order valence-corrected chi connectivity index (χ0v) is 51.2. The lowest BCUT2D eigenvalue weighted by atomic mass is 10.0. The lowest BCUT2D eigenvalue weighted by molar-refractivity contribution is -0.167. The first-order valence-corrected chi connectivity index (χ1v) is 32.9. The number of carbonyl (C=O) groups is 3. The summed E-state index contributed by atoms with van der Waals surface area (Å²) in [4.78, 5) is 38.2. The molecule has 0 spiro atoms. The van der Waals surface area contributed by atoms with Crippen LogP contribution in [0.4, 0.5) is 0 Å². The van der Waals surface area contributed by atoms with Crippen molar-refractivity contribution in [2.24, 2.45) is 0 Å². The summed E-state index contributed by atoms with van der Waals surface area (Å²) < 4.78 is 16.9. The fourth-order valence-corrected chi connectivity index (χ4v) is 9.10. The minimum atomic E-state index is -0.784. The molecule has 0 radical (unpaired) electrons. The molecule has 0 amide bonds. The van der Waals surface area contributed by atoms with Gasteiger partial charge in [-0.15, -0.1) is 0 Å². The van der Waals surface area contributed by atoms with Crippen LogP contribution in [0, 0.1) is 0 Å². The third kappa shape index (κ3) is 62.9. The molecule has 0 aromatic heterocycles. The summed E-state index contributed by atoms with van der Waals surface area (Å²) in [5.41, 5.74) is 0. The smallest absolute Gasteiger partial charge is 0.306 e. The van der Waals surface area contributed by atoms with Gasteiger partial charge in [-0.25, -0.2) is 0 Å². The van der Waals surface area contributed by atoms with Gasteiger partial charge in [0.15, 0.2) is 6.10 Å². The highest BCUT2D eigenvalue weighted by atomic mass is 16.6. The summed E-state index contributed by atoms with van der Waals surface area (Å²) in [7, 11) is 0. The standard InChI is InChI=1S/C72H122O6/c1-4-7-10-13-16-19-21-23-25-27-29-31-33-35-36-38-39-41-43-45-47-49-51-53-56-59-62-65-71(74)77-68-69(67-76-70(73)64-61-58-55-18-15-12-9-6-3)78-72(75)66-63-60-57-54-52-50-48-46-44-42-40-37-34-32-30-28-26-24-22-20-17-14-11-8-5-2/h7,10,16,19,22-25,28-31,34-37,39,41,69H,4-6,8-9,11-15,17-18,20-21,26-27,32-33,38,40,42-68H2,1-3H3/b10-7-,19-16-,24-22-,25-23-,30-28-,31-29-,36-35-,37-34-,41-39-. The molecule has 0 heterocycles. The lowest BCUT2D eigenvalue weighted by Gasteiger charge is -2.18. The summed E-state index contributed by atoms with van der Waals surface area (Å²) in [6, 6.07) is 0. The van der Waals surface area contributed by atoms with Crippen molar-refractivity contribution in [1.29, 1.82) is 0 Å². The van der Waals surface area contributed by atoms with Crippen molar-refractivity contribution in [3.63, 3.8) is 0 Å². The average Bonchev–Trinajstić information content (AvgIpc) is 3.44. The van der Waals surface area contributed by atoms with Gasteiger partial charge >= 0.3 is 17.9 Å². The van der Waals surface area contributed by atoms with Crippen LogP contribution < -0.4 is 0 Å². The molecule has 0 aliphatic heterocycles. The Balaban J connectivity index is 4.21. The molecule has 6 nitrogen and oxygen atoms in total. The van der Waals surface area contributed by atoms with Crippen molar-refractivity contribution in [1.82, 2.24) is 0 Å². The van der Waals surface area contributed by atoms with Gasteiger partial charge in [0.2, 0.25) is 0 Å². The van der Waals surface area contributed by atoms with E-state index in [1.54, 1.807) is 0 Å². The molecule has 0 saturated heterocycles. The summed E-state index contributed by atoms with van der Waals surface area (Å²) in [6.45, 7) is 6.49. The molecule has 0 N–H and O–H groups in total. The number of unbranched alkanes of at least 4 members (excludes halogenated alkanes) is 30. The van der Waals surface area contributed by atoms with E-state index < -0.39 is 6.10 Å². The predicted octanol–water partition coefficient (Wildman–Crippen LogP) is 22.6. The fourth-order valence-electron chi connectivity index (χ4n) is 9.10. The summed E-state index contributed by atoms with van der Waals surface area (Å²) >= 11 is 0. The second kappa shape index (κ2) is 65.6. The van der Waals surface area contributed by atoms with Crippen molar-refractivity contribution in [2.45, 2.75) is 316 Å². The number of hydrogen-bond donors (Lipinski definition) is 0. The molecule has 0 aliphatic rings. The molecule has 0 bridgehead atoms. The first-order chi connectivity index (χ1) is 38.5. The van der Waals surface area contributed by atoms with Crippen molar-refractivity contribution < 1.29 is 28.6 Å². The average molecular weight is 1080 g/mol. The molecule has 1 atom stereocenters. The number of esters is 3. The second-order valence-electron chi connectivity index (χ2n) is 21.6. The van der Waals surface area contributed by atoms with E-state index in [2.05, 4.69) is 130 Å². The topological polar surface area (TPSA) is 78.9 Å². The van der Waals surface area contributed by atoms with Crippen molar-refractivity contribution >= 4 is 17.9 Å². The molecule has 0 aliphatic carbocycles. The predicted molar refractivity (Wildman–Crippen MR) is 339 cm³/mol. The molecule has 0 aromatic rings. The third-order valence-corrected chi connectivity index (χ3v) is 14.0. The molecular formula is C72H122O6. The van der Waals surface area contributed by atoms with Gasteiger partial charge in [-0.05, 0) is 109 Å². The highest BCUT2D eigenvalue weighted by molar-refractivity contribution is 5.71. The largest absolute Gasteiger partial charge is 0.462 e. The Morgan fingerprint density at radius 3 is 0.782 bits per heavy atom. The number of ether oxygens (including phenoxy) is 3. The molecular weight excluding hydrogens is 961 g/mol. The van der Waals surface area contributed by atoms with E-state index in [9.17, 15) is 14.4 Å². The van der Waals surface area contributed by atoms with Crippen molar-refractivity contribution in [3.8, 4) is 0 Å². The zero-order chi connectivity index (χ0) is 56.4. The van der Waals surface area contributed by atoms with Crippen LogP contribution in [0.15, 0.2) is 109 Å². The Labute approximate surface area is 482 Å². The Morgan fingerprint density at radius 2 is 0.500 bits per heavy atom. The minimum Gasteiger partial charge on any atom is -0.462 e. The maximum Gasteiger partial charge on any atom is 0.306 e. The van der Waals surface area contributed by atoms with Crippen LogP contribution in [0.1, 0.15) is 310 Å². The van der Waals surface area contributed by atoms with Crippen LogP contribution in [0.5, 0.6) is 0 Å². The molecule has 0 fully saturated rings. The maximum atomic E-state index is 12.9. The summed E-state index contributed by atoms with van der Waals surface area (Å²) in [5.74, 6) is -0.891. The molecule has 0 rings (SSSR count). The molecule has 78 heavy (non-hydrogen) atoms. The van der Waals surface area contributed by atoms with Gasteiger partial charge in [-0.2, -0.15) is 0 Å². The van der Waals surface area contributed by atoms with E-state index >= 15 is 0 Å². The monoisotopic (exact) mass is 1080 g/mol. The minimum absolute atomic E-state index is 0.0811. The number of hydrogen-bond acceptors (Lipinski definition) is 6. The molecule has 0 saturated carbocycles. The quantitative estimate of drug-likeness (QED) is 0.0261. The van der Waals surface area contributed by atoms with Crippen LogP contribution in [-0.4, -0.2) is 37.2 Å². The Bertz CT molecular complexity index is 1570. The summed E-state index contributed by atoms with van der Waals surface area (Å²) in [6.07, 6.45) is 89.7. The van der Waals surface area contributed by atoms with E-state index in [0.29, 0.717) is 19.3 Å². The van der Waals surface area contributed by atoms with Gasteiger partial charge in [0.05, 0.1) is 0 Å². The molecule has 1 unspecified atom stereocenters. The maximum absolute atomic E-state index is 12.9. The Hall–Kier alpha value is -3.93. The molecule has 6 heteroatoms. The zero-order valence-electron chi connectivity index (χ0n) is 51.2. The van der Waals surface area contributed by atoms with E-state index in [-0.39, 0.29) is 31.1 Å². The first kappa shape index (κ1) is 74.1. The highest BCUT2D eigenvalue weighted by Gasteiger charge is 2.19. The Morgan fingerprint density at radius 1 is 0.269 bits per heavy atom. The van der Waals surface area contributed by atoms with E-state index in [0.717, 1.165) is 116 Å². The van der Waals surface area contributed by atoms with Gasteiger partial charge in [-0.3, -0.25) is 14.4 Å². The van der Waals surface area contributed by atoms with E-state index in [1.165, 1.54) is 154 Å². The van der Waals surface area contributed by atoms with Crippen LogP contribution in [0.3, 0.4) is 0 Å². The van der Waals surface area contributed by atoms with Crippen LogP contribution in [-0.2, 0) is 28.6 Å². The normalized spacial score (nSPS) is 12.8. The second-order valence-corrected chi connectivity index (χ2v) is 21.6. The first-order valence-electron chi connectivity index (χ1n) is 32.9. The van der Waals surface area contributed by atoms with Crippen LogP contribution >= 0.6 is 0 Å². The van der Waals surface area contributed by atoms with Crippen molar-refractivity contribution in [3.05, 3.63) is 109 Å². The van der Waals surface area contributed by atoms with Gasteiger partial charge in [-0.1, -0.05) is 291 Å². The number of rotatable bonds is 59. The lowest BCUT2D eigenvalue weighted by Crippen LogP contribution is -2.30. The van der Waals surface area contributed by atoms with E-state index in [4.69, 9.17) is 14.2 Å². The van der Waals surface area contributed by atoms with Gasteiger partial charge in [0, 0.05) is 19.3 Å². The van der Waals surface area contributed by atoms with Crippen LogP contribution in [0.25, 0.3) is 0 Å². The summed E-state index contributed by atoms with van der Waals surface area (Å²) in [5, 5.41) is 0. The van der Waals surface area contributed by atoms with Crippen LogP contribution in [0.2, 0.25) is 0 Å². The van der Waals surface area contributed by atoms with E-state index in [1.807, 2.05) is 0 Å². The molecule has 446 valence electrons. The number of carbonyl (C=O) groups excluding carboxylic acids is 3. The third-order valence-electron chi connectivity index (χ3n) is 14.0. The fraction of sp³-hybridized carbons (Fsp3) is 0.708. The Kier molecular flexibility index (Phi) is 62.3.